The van der Waals surface area contributed by atoms with Crippen LogP contribution in [0.2, 0.25) is 0 Å². The molecule has 324 valence electrons. The Morgan fingerprint density at radius 1 is 0.879 bits per heavy atom. The fourth-order valence-corrected chi connectivity index (χ4v) is 5.23. The number of methoxy groups -OCH3 is 2. The second kappa shape index (κ2) is 31.6. The summed E-state index contributed by atoms with van der Waals surface area (Å²) >= 11 is 0. The number of nitrogens with two attached hydrogens (primary N) is 1. The van der Waals surface area contributed by atoms with E-state index in [0.29, 0.717) is 24.9 Å². The number of nitrogens with zero attached hydrogens (tertiary/aromatic N) is 1. The van der Waals surface area contributed by atoms with Crippen LogP contribution < -0.4 is 32.3 Å². The molecule has 0 aliphatic carbocycles. The third-order valence-electron chi connectivity index (χ3n) is 8.13. The first-order chi connectivity index (χ1) is 27.9. The van der Waals surface area contributed by atoms with Crippen molar-refractivity contribution < 1.29 is 38.2 Å². The monoisotopic (exact) mass is 812 g/mol. The minimum Gasteiger partial charge on any atom is -0.469 e. The molecule has 2 aromatic carbocycles. The molecule has 1 heterocycles. The number of nitrogens with one attached hydrogen (secondary N) is 5. The van der Waals surface area contributed by atoms with Gasteiger partial charge in [0.1, 0.15) is 17.9 Å². The van der Waals surface area contributed by atoms with E-state index < -0.39 is 67.2 Å². The number of ether oxygens (including phenoxy) is 2. The lowest BCUT2D eigenvalue weighted by molar-refractivity contribution is -0.151. The Bertz CT molecular complexity index is 1560. The topological polar surface area (TPSA) is 210 Å². The number of rotatable bonds is 18. The van der Waals surface area contributed by atoms with Gasteiger partial charge in [0.25, 0.3) is 0 Å². The molecule has 2 atom stereocenters. The van der Waals surface area contributed by atoms with E-state index in [0.717, 1.165) is 42.8 Å². The lowest BCUT2D eigenvalue weighted by atomic mass is 10.1. The summed E-state index contributed by atoms with van der Waals surface area (Å²) in [6, 6.07) is 13.2. The average molecular weight is 812 g/mol. The van der Waals surface area contributed by atoms with Gasteiger partial charge in [-0.25, -0.2) is 4.79 Å². The number of unbranched alkanes of at least 4 members (excludes halogenated alkanes) is 1. The van der Waals surface area contributed by atoms with Gasteiger partial charge in [-0.1, -0.05) is 84.7 Å². The van der Waals surface area contributed by atoms with Gasteiger partial charge in [0.2, 0.25) is 23.6 Å². The molecule has 7 N–H and O–H groups in total. The highest BCUT2D eigenvalue weighted by Crippen LogP contribution is 2.19. The number of allylic oxidation sites excluding steroid dienone is 1. The van der Waals surface area contributed by atoms with Gasteiger partial charge < -0.3 is 46.7 Å². The largest absolute Gasteiger partial charge is 0.469 e. The number of aryl methyl sites for hydroxylation is 1. The van der Waals surface area contributed by atoms with E-state index in [1.165, 1.54) is 31.3 Å². The van der Waals surface area contributed by atoms with Crippen molar-refractivity contribution in [3.63, 3.8) is 0 Å². The van der Waals surface area contributed by atoms with Gasteiger partial charge in [-0.15, -0.1) is 0 Å². The van der Waals surface area contributed by atoms with Crippen molar-refractivity contribution in [1.29, 1.82) is 0 Å². The molecule has 15 heteroatoms. The lowest BCUT2D eigenvalue weighted by Gasteiger charge is -2.23. The van der Waals surface area contributed by atoms with Crippen LogP contribution in [-0.2, 0) is 44.7 Å². The molecule has 1 saturated heterocycles. The van der Waals surface area contributed by atoms with E-state index in [2.05, 4.69) is 52.1 Å². The molecule has 0 spiro atoms. The molecule has 15 nitrogen and oxygen atoms in total. The van der Waals surface area contributed by atoms with Crippen molar-refractivity contribution in [3.8, 4) is 0 Å². The minimum atomic E-state index is -1.36. The summed E-state index contributed by atoms with van der Waals surface area (Å²) in [5.74, 6) is -2.94. The maximum absolute atomic E-state index is 12.8. The highest BCUT2D eigenvalue weighted by Gasteiger charge is 2.35. The third kappa shape index (κ3) is 21.2. The third-order valence-corrected chi connectivity index (χ3v) is 8.13. The number of hydrogen-bond donors (Lipinski definition) is 6. The van der Waals surface area contributed by atoms with Gasteiger partial charge in [-0.05, 0) is 74.6 Å². The fraction of sp³-hybridized carbons (Fsp3) is 0.535. The van der Waals surface area contributed by atoms with E-state index in [4.69, 9.17) is 10.5 Å². The van der Waals surface area contributed by atoms with Crippen LogP contribution >= 0.6 is 0 Å². The standard InChI is InChI=1S/C34H44N6O8.C4H11N.C3H8.C2H6/c1-5-9-28(38-25-11-7-6-10-22(25)2)37-24-15-13-23(14-16-24)18-29(41)35-20-30(42)39-26(19-32(44)47-3)33(45)36-21-31(43)40-17-8-12-27(40)34(46)48-4;1-2-3-4-5;1-3-2;1-2/h6-7,9-11,13-16,26-27,37-38H,5,8,12,17-21H2,1-4H3,(H,35,41)(H,36,45)(H,39,42);2-5H2,1H3;3H2,1-2H3;1-2H3/b28-9-;;;. The van der Waals surface area contributed by atoms with E-state index >= 15 is 0 Å². The summed E-state index contributed by atoms with van der Waals surface area (Å²) in [5, 5.41) is 14.1. The van der Waals surface area contributed by atoms with Gasteiger partial charge in [-0.3, -0.25) is 24.0 Å². The van der Waals surface area contributed by atoms with E-state index in [1.54, 1.807) is 12.1 Å². The van der Waals surface area contributed by atoms with Crippen molar-refractivity contribution in [2.75, 3.05) is 51.0 Å². The average Bonchev–Trinajstić information content (AvgIpc) is 3.72. The zero-order chi connectivity index (χ0) is 43.9. The van der Waals surface area contributed by atoms with Crippen molar-refractivity contribution in [1.82, 2.24) is 20.9 Å². The molecule has 1 fully saturated rings. The Kier molecular flexibility index (Phi) is 28.7. The van der Waals surface area contributed by atoms with Gasteiger partial charge in [0.15, 0.2) is 0 Å². The lowest BCUT2D eigenvalue weighted by Crippen LogP contribution is -2.53. The maximum Gasteiger partial charge on any atom is 0.328 e. The van der Waals surface area contributed by atoms with Crippen molar-refractivity contribution in [2.45, 2.75) is 112 Å². The Labute approximate surface area is 345 Å². The Balaban J connectivity index is 0.00000292. The Morgan fingerprint density at radius 3 is 2.09 bits per heavy atom. The highest BCUT2D eigenvalue weighted by molar-refractivity contribution is 5.95. The smallest absolute Gasteiger partial charge is 0.328 e. The molecular formula is C43H69N7O8. The Morgan fingerprint density at radius 2 is 1.53 bits per heavy atom. The molecule has 2 unspecified atom stereocenters. The fourth-order valence-electron chi connectivity index (χ4n) is 5.23. The van der Waals surface area contributed by atoms with Crippen LogP contribution in [0.15, 0.2) is 60.4 Å². The predicted octanol–water partition coefficient (Wildman–Crippen LogP) is 4.94. The minimum absolute atomic E-state index is 0.00390. The number of benzene rings is 2. The van der Waals surface area contributed by atoms with Crippen LogP contribution in [0, 0.1) is 6.92 Å². The van der Waals surface area contributed by atoms with Gasteiger partial charge in [0.05, 0.1) is 40.2 Å². The highest BCUT2D eigenvalue weighted by atomic mass is 16.5. The normalized spacial score (nSPS) is 13.3. The van der Waals surface area contributed by atoms with Crippen LogP contribution in [0.4, 0.5) is 11.4 Å². The molecule has 0 radical (unpaired) electrons. The van der Waals surface area contributed by atoms with E-state index in [1.807, 2.05) is 70.2 Å². The number of hydrogen-bond acceptors (Lipinski definition) is 11. The first-order valence-corrected chi connectivity index (χ1v) is 20.2. The van der Waals surface area contributed by atoms with Crippen LogP contribution in [0.1, 0.15) is 97.6 Å². The summed E-state index contributed by atoms with van der Waals surface area (Å²) in [4.78, 5) is 75.9. The number of anilines is 2. The molecule has 1 aliphatic heterocycles. The molecule has 0 bridgehead atoms. The van der Waals surface area contributed by atoms with Crippen molar-refractivity contribution in [3.05, 3.63) is 71.6 Å². The van der Waals surface area contributed by atoms with Crippen molar-refractivity contribution in [2.24, 2.45) is 5.73 Å². The van der Waals surface area contributed by atoms with Crippen LogP contribution in [0.5, 0.6) is 0 Å². The summed E-state index contributed by atoms with van der Waals surface area (Å²) in [7, 11) is 2.37. The second-order valence-corrected chi connectivity index (χ2v) is 13.0. The predicted molar refractivity (Wildman–Crippen MR) is 230 cm³/mol. The molecule has 0 saturated carbocycles. The summed E-state index contributed by atoms with van der Waals surface area (Å²) in [6.07, 6.45) is 7.05. The molecule has 3 rings (SSSR count). The first-order valence-electron chi connectivity index (χ1n) is 20.2. The number of amides is 4. The van der Waals surface area contributed by atoms with Crippen LogP contribution in [0.3, 0.4) is 0 Å². The van der Waals surface area contributed by atoms with Gasteiger partial charge in [0, 0.05) is 17.9 Å². The number of carbonyl (C=O) groups excluding carboxylic acids is 6. The molecule has 0 aromatic heterocycles. The number of para-hydroxylation sites is 1. The number of carbonyl (C=O) groups is 6. The maximum atomic E-state index is 12.8. The molecule has 2 aromatic rings. The summed E-state index contributed by atoms with van der Waals surface area (Å²) < 4.78 is 9.37. The van der Waals surface area contributed by atoms with E-state index in [-0.39, 0.29) is 6.42 Å². The summed E-state index contributed by atoms with van der Waals surface area (Å²) in [6.45, 7) is 14.7. The molecule has 4 amide bonds. The second-order valence-electron chi connectivity index (χ2n) is 13.0. The quantitative estimate of drug-likeness (QED) is 0.111. The van der Waals surface area contributed by atoms with Gasteiger partial charge in [-0.2, -0.15) is 0 Å². The molecule has 1 aliphatic rings. The number of esters is 2. The van der Waals surface area contributed by atoms with E-state index in [9.17, 15) is 28.8 Å². The van der Waals surface area contributed by atoms with Crippen LogP contribution in [0.25, 0.3) is 0 Å². The SMILES string of the molecule is CC.CC/C=C(/Nc1ccc(CC(=O)NCC(=O)NC(CC(=O)OC)C(=O)NCC(=O)N2CCCC2C(=O)OC)cc1)Nc1ccccc1C.CCC.CCCCN. The summed E-state index contributed by atoms with van der Waals surface area (Å²) in [5.41, 5.74) is 8.77. The Hall–Kier alpha value is -5.44. The molecule has 58 heavy (non-hydrogen) atoms. The van der Waals surface area contributed by atoms with Crippen LogP contribution in [-0.4, -0.2) is 92.9 Å². The first kappa shape index (κ1) is 52.6. The molecular weight excluding hydrogens is 743 g/mol. The number of likely N-dealkylation sites (tertiary alicyclic amines) is 1. The zero-order valence-corrected chi connectivity index (χ0v) is 36.1. The zero-order valence-electron chi connectivity index (χ0n) is 36.1. The van der Waals surface area contributed by atoms with Gasteiger partial charge >= 0.3 is 11.9 Å². The van der Waals surface area contributed by atoms with Crippen molar-refractivity contribution >= 4 is 46.9 Å².